The summed E-state index contributed by atoms with van der Waals surface area (Å²) in [5.74, 6) is 0.546. The molecule has 0 spiro atoms. The molecule has 0 amide bonds. The van der Waals surface area contributed by atoms with E-state index < -0.39 is 0 Å². The molecule has 4 nitrogen and oxygen atoms in total. The Labute approximate surface area is 180 Å². The predicted octanol–water partition coefficient (Wildman–Crippen LogP) is 6.76. The van der Waals surface area contributed by atoms with Crippen molar-refractivity contribution < 1.29 is 4.79 Å². The molecule has 1 aliphatic carbocycles. The number of ketones is 1. The van der Waals surface area contributed by atoms with Crippen molar-refractivity contribution in [3.63, 3.8) is 0 Å². The van der Waals surface area contributed by atoms with E-state index in [0.717, 1.165) is 47.4 Å². The van der Waals surface area contributed by atoms with Crippen LogP contribution < -0.4 is 0 Å². The molecular formula is C26H33N3O. The van der Waals surface area contributed by atoms with Crippen LogP contribution in [0.2, 0.25) is 0 Å². The molecule has 4 rings (SSSR count). The van der Waals surface area contributed by atoms with Gasteiger partial charge in [-0.25, -0.2) is 9.50 Å². The van der Waals surface area contributed by atoms with Crippen LogP contribution in [0.15, 0.2) is 49.7 Å². The van der Waals surface area contributed by atoms with Gasteiger partial charge in [0.1, 0.15) is 0 Å². The Morgan fingerprint density at radius 2 is 1.93 bits per heavy atom. The molecular weight excluding hydrogens is 370 g/mol. The van der Waals surface area contributed by atoms with Gasteiger partial charge in [0.05, 0.1) is 17.6 Å². The third-order valence-corrected chi connectivity index (χ3v) is 5.20. The van der Waals surface area contributed by atoms with Crippen molar-refractivity contribution >= 4 is 23.1 Å². The molecule has 0 aliphatic heterocycles. The first-order valence-electron chi connectivity index (χ1n) is 10.9. The standard InChI is InChI=1S/C22H21N3O.2C2H6/c1-4-19-13-21(24-22-9-10-23-25(19)22)14(2)11-17-5-6-18-12-16(15(3)26)7-8-20(17)18;2*1-2/h4,7-10,12-13,17H,1-2,5-6,11H2,3H3;2*1-2H3/t17-;;/m0../s1. The van der Waals surface area contributed by atoms with Crippen molar-refractivity contribution in [3.05, 3.63) is 77.8 Å². The fourth-order valence-electron chi connectivity index (χ4n) is 3.80. The summed E-state index contributed by atoms with van der Waals surface area (Å²) in [6.45, 7) is 17.8. The van der Waals surface area contributed by atoms with Crippen molar-refractivity contribution in [2.75, 3.05) is 0 Å². The maximum absolute atomic E-state index is 11.6. The molecule has 2 aromatic heterocycles. The smallest absolute Gasteiger partial charge is 0.159 e. The highest BCUT2D eigenvalue weighted by Gasteiger charge is 2.24. The van der Waals surface area contributed by atoms with Crippen LogP contribution >= 0.6 is 0 Å². The number of hydrogen-bond donors (Lipinski definition) is 0. The summed E-state index contributed by atoms with van der Waals surface area (Å²) >= 11 is 0. The molecule has 0 fully saturated rings. The lowest BCUT2D eigenvalue weighted by molar-refractivity contribution is 0.101. The number of hydrogen-bond acceptors (Lipinski definition) is 3. The number of allylic oxidation sites excluding steroid dienone is 1. The maximum atomic E-state index is 11.6. The van der Waals surface area contributed by atoms with Crippen LogP contribution in [0.4, 0.5) is 0 Å². The number of aromatic nitrogens is 3. The van der Waals surface area contributed by atoms with Crippen LogP contribution in [0.25, 0.3) is 17.3 Å². The van der Waals surface area contributed by atoms with Gasteiger partial charge in [-0.3, -0.25) is 4.79 Å². The fourth-order valence-corrected chi connectivity index (χ4v) is 3.80. The molecule has 0 saturated carbocycles. The molecule has 1 aromatic carbocycles. The summed E-state index contributed by atoms with van der Waals surface area (Å²) in [7, 11) is 0. The average Bonchev–Trinajstić information content (AvgIpc) is 3.42. The number of aryl methyl sites for hydroxylation is 1. The lowest BCUT2D eigenvalue weighted by Crippen LogP contribution is -2.02. The molecule has 2 heterocycles. The predicted molar refractivity (Wildman–Crippen MR) is 127 cm³/mol. The van der Waals surface area contributed by atoms with Gasteiger partial charge in [-0.15, -0.1) is 0 Å². The molecule has 0 bridgehead atoms. The summed E-state index contributed by atoms with van der Waals surface area (Å²) in [5.41, 5.74) is 7.05. The van der Waals surface area contributed by atoms with E-state index in [-0.39, 0.29) is 5.78 Å². The zero-order valence-electron chi connectivity index (χ0n) is 18.9. The van der Waals surface area contributed by atoms with Gasteiger partial charge in [0.15, 0.2) is 11.4 Å². The van der Waals surface area contributed by atoms with E-state index >= 15 is 0 Å². The number of nitrogens with zero attached hydrogens (tertiary/aromatic N) is 3. The van der Waals surface area contributed by atoms with Gasteiger partial charge in [0.25, 0.3) is 0 Å². The van der Waals surface area contributed by atoms with E-state index in [1.165, 1.54) is 11.1 Å². The monoisotopic (exact) mass is 403 g/mol. The molecule has 1 atom stereocenters. The first-order valence-corrected chi connectivity index (χ1v) is 10.9. The van der Waals surface area contributed by atoms with Gasteiger partial charge in [-0.1, -0.05) is 53.0 Å². The van der Waals surface area contributed by atoms with Gasteiger partial charge in [0.2, 0.25) is 0 Å². The number of rotatable bonds is 5. The van der Waals surface area contributed by atoms with Crippen molar-refractivity contribution in [2.45, 2.75) is 59.8 Å². The molecule has 0 radical (unpaired) electrons. The minimum Gasteiger partial charge on any atom is -0.295 e. The van der Waals surface area contributed by atoms with E-state index in [0.29, 0.717) is 5.92 Å². The first kappa shape index (κ1) is 23.3. The highest BCUT2D eigenvalue weighted by molar-refractivity contribution is 5.94. The highest BCUT2D eigenvalue weighted by atomic mass is 16.1. The molecule has 1 aliphatic rings. The number of fused-ring (bicyclic) bond motifs is 2. The number of Topliss-reactive ketones (excluding diaryl/α,β-unsaturated/α-hetero) is 1. The minimum absolute atomic E-state index is 0.121. The summed E-state index contributed by atoms with van der Waals surface area (Å²) in [4.78, 5) is 16.3. The average molecular weight is 404 g/mol. The summed E-state index contributed by atoms with van der Waals surface area (Å²) in [6.07, 6.45) is 6.48. The Morgan fingerprint density at radius 1 is 1.20 bits per heavy atom. The van der Waals surface area contributed by atoms with Gasteiger partial charge in [-0.05, 0) is 67.0 Å². The highest BCUT2D eigenvalue weighted by Crippen LogP contribution is 2.39. The zero-order valence-corrected chi connectivity index (χ0v) is 18.9. The Balaban J connectivity index is 0.000000757. The summed E-state index contributed by atoms with van der Waals surface area (Å²) < 4.78 is 1.78. The molecule has 3 aromatic rings. The summed E-state index contributed by atoms with van der Waals surface area (Å²) in [6, 6.07) is 9.98. The Kier molecular flexibility index (Phi) is 8.28. The van der Waals surface area contributed by atoms with Crippen LogP contribution in [-0.2, 0) is 6.42 Å². The van der Waals surface area contributed by atoms with E-state index in [4.69, 9.17) is 0 Å². The van der Waals surface area contributed by atoms with Crippen molar-refractivity contribution in [1.29, 1.82) is 0 Å². The zero-order chi connectivity index (χ0) is 22.3. The van der Waals surface area contributed by atoms with Crippen LogP contribution in [-0.4, -0.2) is 20.4 Å². The molecule has 0 saturated heterocycles. The van der Waals surface area contributed by atoms with E-state index in [1.807, 2.05) is 52.0 Å². The SMILES string of the molecule is C=Cc1cc(C(=C)C[C@@H]2CCc3cc(C(C)=O)ccc32)nc2ccnn12.CC.CC. The van der Waals surface area contributed by atoms with Gasteiger partial charge >= 0.3 is 0 Å². The second kappa shape index (κ2) is 10.7. The number of carbonyl (C=O) groups excluding carboxylic acids is 1. The summed E-state index contributed by atoms with van der Waals surface area (Å²) in [5, 5.41) is 4.27. The molecule has 30 heavy (non-hydrogen) atoms. The Morgan fingerprint density at radius 3 is 2.60 bits per heavy atom. The number of benzene rings is 1. The van der Waals surface area contributed by atoms with Crippen LogP contribution in [0.1, 0.15) is 86.3 Å². The first-order chi connectivity index (χ1) is 14.6. The maximum Gasteiger partial charge on any atom is 0.159 e. The lowest BCUT2D eigenvalue weighted by Gasteiger charge is -2.14. The third kappa shape index (κ3) is 4.76. The molecule has 4 heteroatoms. The van der Waals surface area contributed by atoms with E-state index in [1.54, 1.807) is 23.7 Å². The van der Waals surface area contributed by atoms with Gasteiger partial charge < -0.3 is 0 Å². The second-order valence-corrected chi connectivity index (χ2v) is 6.88. The Hall–Kier alpha value is -3.01. The molecule has 158 valence electrons. The molecule has 0 unspecified atom stereocenters. The van der Waals surface area contributed by atoms with Crippen LogP contribution in [0.3, 0.4) is 0 Å². The van der Waals surface area contributed by atoms with E-state index in [2.05, 4.69) is 29.3 Å². The van der Waals surface area contributed by atoms with Crippen molar-refractivity contribution in [1.82, 2.24) is 14.6 Å². The minimum atomic E-state index is 0.121. The topological polar surface area (TPSA) is 47.3 Å². The third-order valence-electron chi connectivity index (χ3n) is 5.20. The quantitative estimate of drug-likeness (QED) is 0.442. The normalized spacial score (nSPS) is 14.1. The largest absolute Gasteiger partial charge is 0.295 e. The number of carbonyl (C=O) groups is 1. The fraction of sp³-hybridized carbons (Fsp3) is 0.346. The lowest BCUT2D eigenvalue weighted by atomic mass is 9.92. The van der Waals surface area contributed by atoms with Gasteiger partial charge in [0, 0.05) is 11.6 Å². The van der Waals surface area contributed by atoms with Crippen molar-refractivity contribution in [2.24, 2.45) is 0 Å². The molecule has 0 N–H and O–H groups in total. The second-order valence-electron chi connectivity index (χ2n) is 6.88. The van der Waals surface area contributed by atoms with E-state index in [9.17, 15) is 4.79 Å². The van der Waals surface area contributed by atoms with Gasteiger partial charge in [-0.2, -0.15) is 5.10 Å². The van der Waals surface area contributed by atoms with Crippen LogP contribution in [0, 0.1) is 0 Å². The van der Waals surface area contributed by atoms with Crippen LogP contribution in [0.5, 0.6) is 0 Å². The Bertz CT molecular complexity index is 1050. The van der Waals surface area contributed by atoms with Crippen molar-refractivity contribution in [3.8, 4) is 0 Å².